The molecule has 2 aromatic carbocycles. The smallest absolute Gasteiger partial charge is 0.261 e. The van der Waals surface area contributed by atoms with Crippen molar-refractivity contribution in [2.45, 2.75) is 46.8 Å². The molecule has 4 heteroatoms. The van der Waals surface area contributed by atoms with Crippen molar-refractivity contribution in [2.24, 2.45) is 0 Å². The molecule has 0 saturated carbocycles. The van der Waals surface area contributed by atoms with E-state index in [9.17, 15) is 4.79 Å². The van der Waals surface area contributed by atoms with E-state index in [4.69, 9.17) is 9.47 Å². The Kier molecular flexibility index (Phi) is 6.87. The Bertz CT molecular complexity index is 695. The van der Waals surface area contributed by atoms with Crippen molar-refractivity contribution >= 4 is 5.91 Å². The molecule has 0 radical (unpaired) electrons. The van der Waals surface area contributed by atoms with Crippen LogP contribution in [0.1, 0.15) is 37.0 Å². The standard InChI is InChI=1S/C21H27NO3/c1-5-19(25-20-9-7-8-15(3)16(20)4)21(23)22-14-17-10-12-18(13-11-17)24-6-2/h7-13,19H,5-6,14H2,1-4H3,(H,22,23)/t19-/m1/s1. The van der Waals surface area contributed by atoms with Crippen LogP contribution < -0.4 is 14.8 Å². The van der Waals surface area contributed by atoms with E-state index in [1.54, 1.807) is 0 Å². The molecule has 4 nitrogen and oxygen atoms in total. The highest BCUT2D eigenvalue weighted by Crippen LogP contribution is 2.22. The Hall–Kier alpha value is -2.49. The second-order valence-corrected chi connectivity index (χ2v) is 6.01. The van der Waals surface area contributed by atoms with Gasteiger partial charge in [-0.2, -0.15) is 0 Å². The first kappa shape index (κ1) is 18.8. The second kappa shape index (κ2) is 9.11. The summed E-state index contributed by atoms with van der Waals surface area (Å²) in [4.78, 5) is 12.5. The first-order chi connectivity index (χ1) is 12.0. The fourth-order valence-electron chi connectivity index (χ4n) is 2.50. The molecule has 0 aromatic heterocycles. The number of aryl methyl sites for hydroxylation is 1. The van der Waals surface area contributed by atoms with E-state index in [2.05, 4.69) is 5.32 Å². The van der Waals surface area contributed by atoms with Crippen LogP contribution in [0.5, 0.6) is 11.5 Å². The number of hydrogen-bond donors (Lipinski definition) is 1. The van der Waals surface area contributed by atoms with Crippen LogP contribution in [0.2, 0.25) is 0 Å². The first-order valence-corrected chi connectivity index (χ1v) is 8.77. The molecule has 0 aliphatic heterocycles. The molecule has 2 aromatic rings. The summed E-state index contributed by atoms with van der Waals surface area (Å²) in [6.07, 6.45) is 0.117. The number of carbonyl (C=O) groups is 1. The van der Waals surface area contributed by atoms with E-state index in [1.165, 1.54) is 0 Å². The van der Waals surface area contributed by atoms with Crippen LogP contribution in [0.25, 0.3) is 0 Å². The molecule has 25 heavy (non-hydrogen) atoms. The van der Waals surface area contributed by atoms with Gasteiger partial charge in [0, 0.05) is 6.54 Å². The summed E-state index contributed by atoms with van der Waals surface area (Å²) in [7, 11) is 0. The highest BCUT2D eigenvalue weighted by atomic mass is 16.5. The van der Waals surface area contributed by atoms with Crippen molar-refractivity contribution in [1.29, 1.82) is 0 Å². The molecule has 1 atom stereocenters. The quantitative estimate of drug-likeness (QED) is 0.784. The van der Waals surface area contributed by atoms with Gasteiger partial charge in [0.1, 0.15) is 11.5 Å². The summed E-state index contributed by atoms with van der Waals surface area (Å²) in [6, 6.07) is 13.6. The fourth-order valence-corrected chi connectivity index (χ4v) is 2.50. The number of hydrogen-bond acceptors (Lipinski definition) is 3. The monoisotopic (exact) mass is 341 g/mol. The van der Waals surface area contributed by atoms with Gasteiger partial charge in [-0.1, -0.05) is 31.2 Å². The third kappa shape index (κ3) is 5.24. The lowest BCUT2D eigenvalue weighted by Crippen LogP contribution is -2.37. The average molecular weight is 341 g/mol. The number of nitrogens with one attached hydrogen (secondary N) is 1. The normalized spacial score (nSPS) is 11.7. The van der Waals surface area contributed by atoms with Gasteiger partial charge < -0.3 is 14.8 Å². The zero-order valence-corrected chi connectivity index (χ0v) is 15.5. The maximum Gasteiger partial charge on any atom is 0.261 e. The van der Waals surface area contributed by atoms with E-state index in [1.807, 2.05) is 70.2 Å². The molecule has 0 spiro atoms. The number of rotatable bonds is 8. The summed E-state index contributed by atoms with van der Waals surface area (Å²) in [5.41, 5.74) is 3.25. The molecule has 0 bridgehead atoms. The van der Waals surface area contributed by atoms with Crippen molar-refractivity contribution in [2.75, 3.05) is 6.61 Å². The molecular formula is C21H27NO3. The molecule has 0 aliphatic rings. The maximum atomic E-state index is 12.5. The van der Waals surface area contributed by atoms with Gasteiger partial charge in [0.2, 0.25) is 0 Å². The van der Waals surface area contributed by atoms with E-state index in [-0.39, 0.29) is 5.91 Å². The predicted octanol–water partition coefficient (Wildman–Crippen LogP) is 4.18. The minimum atomic E-state index is -0.497. The molecular weight excluding hydrogens is 314 g/mol. The highest BCUT2D eigenvalue weighted by Gasteiger charge is 2.19. The molecule has 1 amide bonds. The Balaban J connectivity index is 1.94. The van der Waals surface area contributed by atoms with Crippen molar-refractivity contribution < 1.29 is 14.3 Å². The van der Waals surface area contributed by atoms with Gasteiger partial charge in [-0.15, -0.1) is 0 Å². The first-order valence-electron chi connectivity index (χ1n) is 8.77. The zero-order valence-electron chi connectivity index (χ0n) is 15.5. The Morgan fingerprint density at radius 1 is 1.08 bits per heavy atom. The third-order valence-corrected chi connectivity index (χ3v) is 4.19. The lowest BCUT2D eigenvalue weighted by Gasteiger charge is -2.19. The molecule has 0 saturated heterocycles. The van der Waals surface area contributed by atoms with Crippen LogP contribution >= 0.6 is 0 Å². The molecule has 2 rings (SSSR count). The molecule has 1 N–H and O–H groups in total. The predicted molar refractivity (Wildman–Crippen MR) is 100 cm³/mol. The Labute approximate surface area is 150 Å². The average Bonchev–Trinajstić information content (AvgIpc) is 2.62. The van der Waals surface area contributed by atoms with Gasteiger partial charge in [-0.3, -0.25) is 4.79 Å². The van der Waals surface area contributed by atoms with Gasteiger partial charge in [0.05, 0.1) is 6.61 Å². The Morgan fingerprint density at radius 2 is 1.80 bits per heavy atom. The second-order valence-electron chi connectivity index (χ2n) is 6.01. The third-order valence-electron chi connectivity index (χ3n) is 4.19. The van der Waals surface area contributed by atoms with Crippen LogP contribution in [0, 0.1) is 13.8 Å². The molecule has 0 aliphatic carbocycles. The topological polar surface area (TPSA) is 47.6 Å². The van der Waals surface area contributed by atoms with Crippen LogP contribution in [0.15, 0.2) is 42.5 Å². The van der Waals surface area contributed by atoms with Crippen molar-refractivity contribution in [3.63, 3.8) is 0 Å². The van der Waals surface area contributed by atoms with Crippen LogP contribution in [0.3, 0.4) is 0 Å². The van der Waals surface area contributed by atoms with Gasteiger partial charge in [0.25, 0.3) is 5.91 Å². The minimum Gasteiger partial charge on any atom is -0.494 e. The summed E-state index contributed by atoms with van der Waals surface area (Å²) >= 11 is 0. The van der Waals surface area contributed by atoms with Gasteiger partial charge in [-0.05, 0) is 62.1 Å². The maximum absolute atomic E-state index is 12.5. The van der Waals surface area contributed by atoms with Crippen molar-refractivity contribution in [1.82, 2.24) is 5.32 Å². The molecule has 134 valence electrons. The fraction of sp³-hybridized carbons (Fsp3) is 0.381. The minimum absolute atomic E-state index is 0.0997. The lowest BCUT2D eigenvalue weighted by atomic mass is 10.1. The summed E-state index contributed by atoms with van der Waals surface area (Å²) in [6.45, 7) is 9.06. The summed E-state index contributed by atoms with van der Waals surface area (Å²) in [5, 5.41) is 2.95. The number of amides is 1. The molecule has 0 fully saturated rings. The largest absolute Gasteiger partial charge is 0.494 e. The Morgan fingerprint density at radius 3 is 2.44 bits per heavy atom. The molecule has 0 unspecified atom stereocenters. The van der Waals surface area contributed by atoms with E-state index in [0.29, 0.717) is 19.6 Å². The van der Waals surface area contributed by atoms with Crippen LogP contribution in [-0.4, -0.2) is 18.6 Å². The van der Waals surface area contributed by atoms with Crippen LogP contribution in [0.4, 0.5) is 0 Å². The summed E-state index contributed by atoms with van der Waals surface area (Å²) < 4.78 is 11.4. The number of carbonyl (C=O) groups excluding carboxylic acids is 1. The van der Waals surface area contributed by atoms with E-state index in [0.717, 1.165) is 28.2 Å². The van der Waals surface area contributed by atoms with Crippen LogP contribution in [-0.2, 0) is 11.3 Å². The van der Waals surface area contributed by atoms with Gasteiger partial charge in [0.15, 0.2) is 6.10 Å². The number of benzene rings is 2. The van der Waals surface area contributed by atoms with E-state index >= 15 is 0 Å². The SMILES string of the molecule is CCOc1ccc(CNC(=O)[C@@H](CC)Oc2cccc(C)c2C)cc1. The van der Waals surface area contributed by atoms with Gasteiger partial charge in [-0.25, -0.2) is 0 Å². The van der Waals surface area contributed by atoms with Gasteiger partial charge >= 0.3 is 0 Å². The zero-order chi connectivity index (χ0) is 18.2. The highest BCUT2D eigenvalue weighted by molar-refractivity contribution is 5.81. The van der Waals surface area contributed by atoms with Crippen molar-refractivity contribution in [3.8, 4) is 11.5 Å². The number of ether oxygens (including phenoxy) is 2. The molecule has 0 heterocycles. The van der Waals surface area contributed by atoms with Crippen molar-refractivity contribution in [3.05, 3.63) is 59.2 Å². The lowest BCUT2D eigenvalue weighted by molar-refractivity contribution is -0.128. The summed E-state index contributed by atoms with van der Waals surface area (Å²) in [5.74, 6) is 1.50. The van der Waals surface area contributed by atoms with E-state index < -0.39 is 6.10 Å².